The van der Waals surface area contributed by atoms with E-state index in [9.17, 15) is 30.6 Å². The van der Waals surface area contributed by atoms with Crippen LogP contribution >= 0.6 is 0 Å². The minimum absolute atomic E-state index is 0.0542. The molecule has 0 bridgehead atoms. The number of methoxy groups -OCH3 is 1. The van der Waals surface area contributed by atoms with Crippen molar-refractivity contribution in [2.24, 2.45) is 0 Å². The highest BCUT2D eigenvalue weighted by molar-refractivity contribution is 5.50. The molecule has 180 valence electrons. The molecule has 0 unspecified atom stereocenters. The molecule has 2 saturated heterocycles. The molecular formula is C21H30O11. The van der Waals surface area contributed by atoms with E-state index in [4.69, 9.17) is 23.7 Å². The molecule has 11 nitrogen and oxygen atoms in total. The summed E-state index contributed by atoms with van der Waals surface area (Å²) in [5.74, 6) is 0.731. The number of benzene rings is 1. The van der Waals surface area contributed by atoms with Crippen LogP contribution in [0, 0.1) is 0 Å². The Bertz CT molecular complexity index is 727. The largest absolute Gasteiger partial charge is 0.497 e. The first-order valence-electron chi connectivity index (χ1n) is 10.2. The van der Waals surface area contributed by atoms with Crippen molar-refractivity contribution < 1.29 is 54.3 Å². The molecule has 0 amide bonds. The van der Waals surface area contributed by atoms with Crippen LogP contribution in [0.25, 0.3) is 6.08 Å². The third-order valence-electron chi connectivity index (χ3n) is 5.33. The second-order valence-corrected chi connectivity index (χ2v) is 7.61. The van der Waals surface area contributed by atoms with Gasteiger partial charge in [0.1, 0.15) is 48.5 Å². The Balaban J connectivity index is 1.51. The standard InChI is InChI=1S/C21H30O11/c1-28-12-6-4-11(5-7-12)3-2-8-29-21-19(27)17(25)16(24)14(32-21)10-31-20-18(26)15(23)13(22)9-30-20/h2-7,13-27H,8-10H2,1H3/b3-2+/t13-,14+,15-,16+,17-,18+,19+,20+,21+/m0/s1. The van der Waals surface area contributed by atoms with Crippen LogP contribution in [0.2, 0.25) is 0 Å². The van der Waals surface area contributed by atoms with E-state index in [1.807, 2.05) is 24.3 Å². The summed E-state index contributed by atoms with van der Waals surface area (Å²) >= 11 is 0. The Morgan fingerprint density at radius 1 is 0.875 bits per heavy atom. The molecule has 0 radical (unpaired) electrons. The van der Waals surface area contributed by atoms with Crippen LogP contribution in [-0.4, -0.2) is 113 Å². The first kappa shape index (κ1) is 25.0. The van der Waals surface area contributed by atoms with Crippen molar-refractivity contribution in [1.82, 2.24) is 0 Å². The first-order valence-corrected chi connectivity index (χ1v) is 10.2. The second-order valence-electron chi connectivity index (χ2n) is 7.61. The highest BCUT2D eigenvalue weighted by atomic mass is 16.7. The lowest BCUT2D eigenvalue weighted by Crippen LogP contribution is -2.60. The number of rotatable bonds is 8. The van der Waals surface area contributed by atoms with E-state index in [1.165, 1.54) is 0 Å². The van der Waals surface area contributed by atoms with Crippen molar-refractivity contribution in [3.63, 3.8) is 0 Å². The Hall–Kier alpha value is -1.64. The van der Waals surface area contributed by atoms with Crippen molar-refractivity contribution >= 4 is 6.08 Å². The molecule has 2 aliphatic heterocycles. The van der Waals surface area contributed by atoms with Crippen LogP contribution < -0.4 is 4.74 Å². The maximum Gasteiger partial charge on any atom is 0.187 e. The third-order valence-corrected chi connectivity index (χ3v) is 5.33. The van der Waals surface area contributed by atoms with E-state index >= 15 is 0 Å². The SMILES string of the molecule is COc1ccc(/C=C/CO[C@@H]2O[C@H](CO[C@H]3OC[C@H](O)[C@H](O)[C@H]3O)[C@@H](O)[C@H](O)[C@H]2O)cc1. The van der Waals surface area contributed by atoms with Gasteiger partial charge in [0.25, 0.3) is 0 Å². The van der Waals surface area contributed by atoms with Gasteiger partial charge >= 0.3 is 0 Å². The van der Waals surface area contributed by atoms with Crippen molar-refractivity contribution in [1.29, 1.82) is 0 Å². The highest BCUT2D eigenvalue weighted by Gasteiger charge is 2.45. The van der Waals surface area contributed by atoms with Gasteiger partial charge in [0, 0.05) is 0 Å². The van der Waals surface area contributed by atoms with E-state index in [2.05, 4.69) is 0 Å². The molecule has 0 saturated carbocycles. The molecule has 6 N–H and O–H groups in total. The lowest BCUT2D eigenvalue weighted by molar-refractivity contribution is -0.319. The minimum Gasteiger partial charge on any atom is -0.497 e. The Kier molecular flexibility index (Phi) is 8.96. The Morgan fingerprint density at radius 2 is 1.56 bits per heavy atom. The molecule has 1 aromatic carbocycles. The molecular weight excluding hydrogens is 428 g/mol. The molecule has 3 rings (SSSR count). The van der Waals surface area contributed by atoms with Crippen molar-refractivity contribution in [3.05, 3.63) is 35.9 Å². The fourth-order valence-corrected chi connectivity index (χ4v) is 3.36. The topological polar surface area (TPSA) is 168 Å². The van der Waals surface area contributed by atoms with E-state index < -0.39 is 55.3 Å². The van der Waals surface area contributed by atoms with E-state index in [-0.39, 0.29) is 19.8 Å². The smallest absolute Gasteiger partial charge is 0.187 e. The van der Waals surface area contributed by atoms with Gasteiger partial charge in [-0.15, -0.1) is 0 Å². The average Bonchev–Trinajstić information content (AvgIpc) is 2.80. The molecule has 2 fully saturated rings. The summed E-state index contributed by atoms with van der Waals surface area (Å²) in [5.41, 5.74) is 0.902. The quantitative estimate of drug-likeness (QED) is 0.255. The average molecular weight is 458 g/mol. The normalized spacial score (nSPS) is 38.2. The summed E-state index contributed by atoms with van der Waals surface area (Å²) in [7, 11) is 1.58. The summed E-state index contributed by atoms with van der Waals surface area (Å²) in [6, 6.07) is 7.33. The van der Waals surface area contributed by atoms with Gasteiger partial charge in [-0.25, -0.2) is 0 Å². The lowest BCUT2D eigenvalue weighted by Gasteiger charge is -2.41. The van der Waals surface area contributed by atoms with Crippen LogP contribution in [0.4, 0.5) is 0 Å². The number of aliphatic hydroxyl groups excluding tert-OH is 6. The van der Waals surface area contributed by atoms with Crippen LogP contribution in [0.15, 0.2) is 30.3 Å². The van der Waals surface area contributed by atoms with Gasteiger partial charge in [-0.2, -0.15) is 0 Å². The maximum absolute atomic E-state index is 10.2. The molecule has 0 spiro atoms. The zero-order valence-corrected chi connectivity index (χ0v) is 17.5. The van der Waals surface area contributed by atoms with Gasteiger partial charge in [0.05, 0.1) is 26.9 Å². The predicted octanol–water partition coefficient (Wildman–Crippen LogP) is -2.01. The van der Waals surface area contributed by atoms with Crippen molar-refractivity contribution in [2.45, 2.75) is 55.3 Å². The van der Waals surface area contributed by atoms with E-state index in [0.717, 1.165) is 11.3 Å². The zero-order chi connectivity index (χ0) is 23.3. The van der Waals surface area contributed by atoms with E-state index in [0.29, 0.717) is 0 Å². The fourth-order valence-electron chi connectivity index (χ4n) is 3.36. The number of aliphatic hydroxyl groups is 6. The monoisotopic (exact) mass is 458 g/mol. The summed E-state index contributed by atoms with van der Waals surface area (Å²) in [5, 5.41) is 59.6. The fraction of sp³-hybridized carbons (Fsp3) is 0.619. The van der Waals surface area contributed by atoms with Gasteiger partial charge < -0.3 is 54.3 Å². The number of ether oxygens (including phenoxy) is 5. The molecule has 0 aliphatic carbocycles. The molecule has 9 atom stereocenters. The zero-order valence-electron chi connectivity index (χ0n) is 17.5. The van der Waals surface area contributed by atoms with Gasteiger partial charge in [-0.3, -0.25) is 0 Å². The van der Waals surface area contributed by atoms with Crippen molar-refractivity contribution in [2.75, 3.05) is 26.9 Å². The Labute approximate surface area is 185 Å². The van der Waals surface area contributed by atoms with Crippen LogP contribution in [-0.2, 0) is 18.9 Å². The summed E-state index contributed by atoms with van der Waals surface area (Å²) in [6.45, 7) is -0.527. The molecule has 11 heteroatoms. The molecule has 0 aromatic heterocycles. The summed E-state index contributed by atoms with van der Waals surface area (Å²) < 4.78 is 26.6. The molecule has 2 aliphatic rings. The maximum atomic E-state index is 10.2. The molecule has 2 heterocycles. The highest BCUT2D eigenvalue weighted by Crippen LogP contribution is 2.24. The second kappa shape index (κ2) is 11.5. The number of hydrogen-bond donors (Lipinski definition) is 6. The van der Waals surface area contributed by atoms with Crippen LogP contribution in [0.1, 0.15) is 5.56 Å². The van der Waals surface area contributed by atoms with Gasteiger partial charge in [0.2, 0.25) is 0 Å². The van der Waals surface area contributed by atoms with Crippen LogP contribution in [0.5, 0.6) is 5.75 Å². The predicted molar refractivity (Wildman–Crippen MR) is 108 cm³/mol. The summed E-state index contributed by atoms with van der Waals surface area (Å²) in [6.07, 6.45) is -8.88. The van der Waals surface area contributed by atoms with Gasteiger partial charge in [0.15, 0.2) is 12.6 Å². The van der Waals surface area contributed by atoms with Gasteiger partial charge in [-0.1, -0.05) is 24.3 Å². The Morgan fingerprint density at radius 3 is 2.25 bits per heavy atom. The van der Waals surface area contributed by atoms with Crippen molar-refractivity contribution in [3.8, 4) is 5.75 Å². The van der Waals surface area contributed by atoms with Crippen LogP contribution in [0.3, 0.4) is 0 Å². The molecule has 1 aromatic rings. The third kappa shape index (κ3) is 6.02. The number of hydrogen-bond acceptors (Lipinski definition) is 11. The molecule has 32 heavy (non-hydrogen) atoms. The summed E-state index contributed by atoms with van der Waals surface area (Å²) in [4.78, 5) is 0. The lowest BCUT2D eigenvalue weighted by atomic mass is 9.99. The minimum atomic E-state index is -1.56. The first-order chi connectivity index (χ1) is 15.3. The van der Waals surface area contributed by atoms with E-state index in [1.54, 1.807) is 19.3 Å². The van der Waals surface area contributed by atoms with Gasteiger partial charge in [-0.05, 0) is 17.7 Å².